The summed E-state index contributed by atoms with van der Waals surface area (Å²) in [5.74, 6) is -2.52. The van der Waals surface area contributed by atoms with Crippen molar-refractivity contribution in [2.24, 2.45) is 0 Å². The van der Waals surface area contributed by atoms with E-state index in [4.69, 9.17) is 14.9 Å². The monoisotopic (exact) mass is 422 g/mol. The van der Waals surface area contributed by atoms with Crippen LogP contribution in [0.25, 0.3) is 0 Å². The van der Waals surface area contributed by atoms with Gasteiger partial charge in [0.15, 0.2) is 0 Å². The third-order valence-electron chi connectivity index (χ3n) is 4.64. The Balaban J connectivity index is 2.54. The Kier molecular flexibility index (Phi) is 10.4. The summed E-state index contributed by atoms with van der Waals surface area (Å²) in [7, 11) is 0. The number of hydrogen-bond donors (Lipinski definition) is 8. The molecule has 0 aromatic carbocycles. The number of hydrogen-bond acceptors (Lipinski definition) is 9. The van der Waals surface area contributed by atoms with Crippen LogP contribution in [0.3, 0.4) is 0 Å². The molecule has 168 valence electrons. The zero-order chi connectivity index (χ0) is 22.1. The number of aliphatic carboxylic acids is 1. The third-order valence-corrected chi connectivity index (χ3v) is 4.64. The number of amides is 2. The summed E-state index contributed by atoms with van der Waals surface area (Å²) in [5.41, 5.74) is 0. The van der Waals surface area contributed by atoms with Gasteiger partial charge in [-0.05, 0) is 19.8 Å². The predicted molar refractivity (Wildman–Crippen MR) is 96.5 cm³/mol. The molecule has 29 heavy (non-hydrogen) atoms. The Hall–Kier alpha value is -1.83. The number of aliphatic hydroxyl groups is 5. The van der Waals surface area contributed by atoms with Crippen LogP contribution >= 0.6 is 0 Å². The van der Waals surface area contributed by atoms with Crippen molar-refractivity contribution >= 4 is 17.8 Å². The molecule has 0 radical (unpaired) electrons. The number of carboxylic acids is 1. The van der Waals surface area contributed by atoms with Crippen molar-refractivity contribution in [3.63, 3.8) is 0 Å². The van der Waals surface area contributed by atoms with Gasteiger partial charge in [-0.1, -0.05) is 0 Å². The molecule has 1 rings (SSSR count). The van der Waals surface area contributed by atoms with Crippen molar-refractivity contribution < 1.29 is 49.8 Å². The molecule has 1 unspecified atom stereocenters. The van der Waals surface area contributed by atoms with E-state index in [1.54, 1.807) is 0 Å². The summed E-state index contributed by atoms with van der Waals surface area (Å²) in [6, 6.07) is -1.46. The smallest absolute Gasteiger partial charge is 0.303 e. The molecular weight excluding hydrogens is 392 g/mol. The molecular formula is C17H30N2O10. The molecule has 0 aromatic heterocycles. The van der Waals surface area contributed by atoms with Gasteiger partial charge in [0.1, 0.15) is 30.5 Å². The molecule has 8 N–H and O–H groups in total. The average molecular weight is 422 g/mol. The minimum absolute atomic E-state index is 0.0420. The highest BCUT2D eigenvalue weighted by Gasteiger charge is 2.41. The molecule has 1 fully saturated rings. The number of aliphatic hydroxyl groups excluding tert-OH is 5. The third kappa shape index (κ3) is 7.84. The van der Waals surface area contributed by atoms with Crippen molar-refractivity contribution in [2.45, 2.75) is 75.3 Å². The van der Waals surface area contributed by atoms with E-state index in [1.165, 1.54) is 6.92 Å². The second kappa shape index (κ2) is 12.0. The van der Waals surface area contributed by atoms with Crippen molar-refractivity contribution in [3.8, 4) is 0 Å². The van der Waals surface area contributed by atoms with Gasteiger partial charge >= 0.3 is 5.97 Å². The summed E-state index contributed by atoms with van der Waals surface area (Å²) in [6.07, 6.45) is -7.41. The largest absolute Gasteiger partial charge is 0.481 e. The molecule has 12 nitrogen and oxygen atoms in total. The van der Waals surface area contributed by atoms with Gasteiger partial charge in [-0.2, -0.15) is 0 Å². The first-order valence-corrected chi connectivity index (χ1v) is 9.35. The Bertz CT molecular complexity index is 560. The van der Waals surface area contributed by atoms with Crippen LogP contribution in [0, 0.1) is 0 Å². The lowest BCUT2D eigenvalue weighted by Crippen LogP contribution is -2.57. The summed E-state index contributed by atoms with van der Waals surface area (Å²) >= 11 is 0. The van der Waals surface area contributed by atoms with Gasteiger partial charge in [0.2, 0.25) is 11.8 Å². The molecule has 0 aromatic rings. The minimum atomic E-state index is -1.58. The fraction of sp³-hybridized carbons (Fsp3) is 0.824. The molecule has 1 heterocycles. The van der Waals surface area contributed by atoms with E-state index in [2.05, 4.69) is 10.6 Å². The molecule has 0 bridgehead atoms. The van der Waals surface area contributed by atoms with Crippen LogP contribution < -0.4 is 10.6 Å². The van der Waals surface area contributed by atoms with E-state index in [-0.39, 0.29) is 32.2 Å². The number of rotatable bonds is 11. The van der Waals surface area contributed by atoms with Gasteiger partial charge in [0, 0.05) is 19.4 Å². The van der Waals surface area contributed by atoms with E-state index in [1.807, 2.05) is 0 Å². The topological polar surface area (TPSA) is 206 Å². The second-order valence-corrected chi connectivity index (χ2v) is 6.97. The zero-order valence-corrected chi connectivity index (χ0v) is 16.1. The van der Waals surface area contributed by atoms with Crippen LogP contribution in [0.15, 0.2) is 0 Å². The van der Waals surface area contributed by atoms with Gasteiger partial charge in [-0.25, -0.2) is 0 Å². The first kappa shape index (κ1) is 25.2. The van der Waals surface area contributed by atoms with Gasteiger partial charge in [0.05, 0.1) is 18.8 Å². The molecule has 2 amide bonds. The fourth-order valence-corrected chi connectivity index (χ4v) is 2.91. The summed E-state index contributed by atoms with van der Waals surface area (Å²) in [6.45, 7) is 0.693. The quantitative estimate of drug-likeness (QED) is 0.164. The van der Waals surface area contributed by atoms with Gasteiger partial charge in [-0.15, -0.1) is 0 Å². The highest BCUT2D eigenvalue weighted by molar-refractivity contribution is 5.88. The average Bonchev–Trinajstić information content (AvgIpc) is 2.67. The van der Waals surface area contributed by atoms with Crippen molar-refractivity contribution in [3.05, 3.63) is 0 Å². The Morgan fingerprint density at radius 3 is 2.31 bits per heavy atom. The Labute approximate surface area is 167 Å². The van der Waals surface area contributed by atoms with Gasteiger partial charge in [0.25, 0.3) is 0 Å². The van der Waals surface area contributed by atoms with Gasteiger partial charge < -0.3 is 46.0 Å². The lowest BCUT2D eigenvalue weighted by atomic mass is 9.94. The number of ether oxygens (including phenoxy) is 1. The van der Waals surface area contributed by atoms with Crippen molar-refractivity contribution in [1.82, 2.24) is 10.6 Å². The number of carbonyl (C=O) groups excluding carboxylic acids is 2. The highest BCUT2D eigenvalue weighted by Crippen LogP contribution is 2.22. The number of carbonyl (C=O) groups is 3. The molecule has 0 spiro atoms. The lowest BCUT2D eigenvalue weighted by Gasteiger charge is -2.39. The van der Waals surface area contributed by atoms with Crippen molar-refractivity contribution in [1.29, 1.82) is 0 Å². The highest BCUT2D eigenvalue weighted by atomic mass is 16.5. The second-order valence-electron chi connectivity index (χ2n) is 6.97. The normalized spacial score (nSPS) is 29.0. The molecule has 0 aliphatic carbocycles. The van der Waals surface area contributed by atoms with E-state index >= 15 is 0 Å². The Morgan fingerprint density at radius 2 is 1.72 bits per heavy atom. The summed E-state index contributed by atoms with van der Waals surface area (Å²) in [5, 5.41) is 61.5. The minimum Gasteiger partial charge on any atom is -0.481 e. The van der Waals surface area contributed by atoms with E-state index < -0.39 is 67.1 Å². The van der Waals surface area contributed by atoms with E-state index in [0.29, 0.717) is 0 Å². The molecule has 1 aliphatic rings. The first-order chi connectivity index (χ1) is 13.6. The molecule has 7 atom stereocenters. The lowest BCUT2D eigenvalue weighted by molar-refractivity contribution is -0.217. The van der Waals surface area contributed by atoms with Crippen LogP contribution in [0.5, 0.6) is 0 Å². The standard InChI is InChI=1S/C17H30N2O10/c1-8-14(25)16(27)15(26)10(29-8)5-6-18-17(28)13(9(21)7-20)19-11(22)3-2-4-12(23)24/h8-10,13-16,20-21,25-27H,2-7H2,1H3,(H,18,28)(H,19,22)(H,23,24)/t8-,9?,10-,13-,14+,15+,16+/m0/s1. The molecule has 0 saturated carbocycles. The van der Waals surface area contributed by atoms with Gasteiger partial charge in [-0.3, -0.25) is 14.4 Å². The summed E-state index contributed by atoms with van der Waals surface area (Å²) < 4.78 is 5.40. The molecule has 1 saturated heterocycles. The predicted octanol–water partition coefficient (Wildman–Crippen LogP) is -3.54. The van der Waals surface area contributed by atoms with Crippen LogP contribution in [0.2, 0.25) is 0 Å². The number of nitrogens with one attached hydrogen (secondary N) is 2. The first-order valence-electron chi connectivity index (χ1n) is 9.35. The van der Waals surface area contributed by atoms with E-state index in [0.717, 1.165) is 0 Å². The SMILES string of the molecule is C[C@@H]1O[C@@H](CCNC(=O)[C@@H](NC(=O)CCCC(=O)O)C(O)CO)[C@@H](O)[C@H](O)[C@@H]1O. The number of carboxylic acid groups (broad SMARTS) is 1. The van der Waals surface area contributed by atoms with Crippen LogP contribution in [0.4, 0.5) is 0 Å². The summed E-state index contributed by atoms with van der Waals surface area (Å²) in [4.78, 5) is 34.6. The molecule has 1 aliphatic heterocycles. The maximum Gasteiger partial charge on any atom is 0.303 e. The van der Waals surface area contributed by atoms with E-state index in [9.17, 15) is 34.8 Å². The van der Waals surface area contributed by atoms with Crippen LogP contribution in [0.1, 0.15) is 32.6 Å². The maximum atomic E-state index is 12.3. The maximum absolute atomic E-state index is 12.3. The van der Waals surface area contributed by atoms with Crippen molar-refractivity contribution in [2.75, 3.05) is 13.2 Å². The van der Waals surface area contributed by atoms with Crippen LogP contribution in [-0.2, 0) is 19.1 Å². The zero-order valence-electron chi connectivity index (χ0n) is 16.1. The molecule has 12 heteroatoms. The van der Waals surface area contributed by atoms with Crippen LogP contribution in [-0.4, -0.2) is 104 Å². The fourth-order valence-electron chi connectivity index (χ4n) is 2.91. The Morgan fingerprint density at radius 1 is 1.07 bits per heavy atom.